The van der Waals surface area contributed by atoms with Crippen LogP contribution in [0.2, 0.25) is 0 Å². The highest BCUT2D eigenvalue weighted by atomic mass is 35.5. The summed E-state index contributed by atoms with van der Waals surface area (Å²) in [4.78, 5) is 4.51. The van der Waals surface area contributed by atoms with Gasteiger partial charge in [-0.1, -0.05) is 0 Å². The maximum atomic E-state index is 12.9. The van der Waals surface area contributed by atoms with Crippen molar-refractivity contribution in [2.45, 2.75) is 37.2 Å². The summed E-state index contributed by atoms with van der Waals surface area (Å²) >= 11 is 0. The van der Waals surface area contributed by atoms with Crippen LogP contribution in [0.25, 0.3) is 11.0 Å². The van der Waals surface area contributed by atoms with Gasteiger partial charge in [-0.25, -0.2) is 13.4 Å². The van der Waals surface area contributed by atoms with Gasteiger partial charge < -0.3 is 10.5 Å². The van der Waals surface area contributed by atoms with E-state index in [4.69, 9.17) is 10.5 Å². The number of fused-ring (bicyclic) bond motifs is 1. The van der Waals surface area contributed by atoms with Crippen molar-refractivity contribution in [1.29, 1.82) is 0 Å². The lowest BCUT2D eigenvalue weighted by molar-refractivity contribution is 0.0209. The van der Waals surface area contributed by atoms with Crippen molar-refractivity contribution in [2.24, 2.45) is 12.8 Å². The maximum absolute atomic E-state index is 12.9. The zero-order chi connectivity index (χ0) is 18.0. The van der Waals surface area contributed by atoms with E-state index in [-0.39, 0.29) is 23.4 Å². The van der Waals surface area contributed by atoms with Gasteiger partial charge in [0, 0.05) is 38.3 Å². The second-order valence-corrected chi connectivity index (χ2v) is 8.31. The molecule has 26 heavy (non-hydrogen) atoms. The lowest BCUT2D eigenvalue weighted by Gasteiger charge is -2.31. The third-order valence-electron chi connectivity index (χ3n) is 4.58. The fraction of sp³-hybridized carbons (Fsp3) is 0.625. The van der Waals surface area contributed by atoms with Gasteiger partial charge in [0.05, 0.1) is 11.8 Å². The molecule has 0 saturated carbocycles. The number of sulfonamides is 1. The van der Waals surface area contributed by atoms with Crippen molar-refractivity contribution in [1.82, 2.24) is 19.1 Å². The van der Waals surface area contributed by atoms with Gasteiger partial charge in [-0.15, -0.1) is 12.4 Å². The van der Waals surface area contributed by atoms with Gasteiger partial charge >= 0.3 is 0 Å². The first-order valence-electron chi connectivity index (χ1n) is 8.54. The maximum Gasteiger partial charge on any atom is 0.244 e. The Morgan fingerprint density at radius 1 is 1.35 bits per heavy atom. The molecular weight excluding hydrogens is 378 g/mol. The molecule has 0 aliphatic carbocycles. The summed E-state index contributed by atoms with van der Waals surface area (Å²) in [5, 5.41) is 5.06. The molecule has 1 fully saturated rings. The highest BCUT2D eigenvalue weighted by Gasteiger charge is 2.30. The van der Waals surface area contributed by atoms with E-state index in [1.165, 1.54) is 10.5 Å². The minimum absolute atomic E-state index is 0. The minimum Gasteiger partial charge on any atom is -0.378 e. The van der Waals surface area contributed by atoms with E-state index >= 15 is 0 Å². The molecule has 0 amide bonds. The summed E-state index contributed by atoms with van der Waals surface area (Å²) in [7, 11) is -1.75. The SMILES string of the molecule is Cc1nn(C)c2ncc(S(=O)(=O)N3CCC(OCCCN)CC3)cc12.Cl. The van der Waals surface area contributed by atoms with Crippen LogP contribution < -0.4 is 5.73 Å². The molecule has 3 heterocycles. The van der Waals surface area contributed by atoms with Crippen molar-refractivity contribution in [2.75, 3.05) is 26.2 Å². The van der Waals surface area contributed by atoms with Crippen molar-refractivity contribution >= 4 is 33.5 Å². The largest absolute Gasteiger partial charge is 0.378 e. The number of nitrogens with two attached hydrogens (primary N) is 1. The molecule has 146 valence electrons. The number of ether oxygens (including phenoxy) is 1. The van der Waals surface area contributed by atoms with Crippen LogP contribution >= 0.6 is 12.4 Å². The second-order valence-electron chi connectivity index (χ2n) is 6.37. The average molecular weight is 404 g/mol. The third kappa shape index (κ3) is 4.17. The Kier molecular flexibility index (Phi) is 6.98. The van der Waals surface area contributed by atoms with Crippen LogP contribution in [0.4, 0.5) is 0 Å². The fourth-order valence-electron chi connectivity index (χ4n) is 3.15. The minimum atomic E-state index is -3.55. The predicted molar refractivity (Wildman–Crippen MR) is 102 cm³/mol. The number of hydrogen-bond acceptors (Lipinski definition) is 6. The number of aryl methyl sites for hydroxylation is 2. The summed E-state index contributed by atoms with van der Waals surface area (Å²) < 4.78 is 34.8. The molecule has 3 rings (SSSR count). The Balaban J connectivity index is 0.00000243. The monoisotopic (exact) mass is 403 g/mol. The van der Waals surface area contributed by atoms with Crippen molar-refractivity contribution in [3.63, 3.8) is 0 Å². The van der Waals surface area contributed by atoms with Gasteiger partial charge in [0.2, 0.25) is 10.0 Å². The standard InChI is InChI=1S/C16H25N5O3S.ClH/c1-12-15-10-14(11-18-16(15)20(2)19-12)25(22,23)21-7-4-13(5-8-21)24-9-3-6-17;/h10-11,13H,3-9,17H2,1-2H3;1H. The predicted octanol–water partition coefficient (Wildman–Crippen LogP) is 1.22. The van der Waals surface area contributed by atoms with E-state index in [1.807, 2.05) is 6.92 Å². The van der Waals surface area contributed by atoms with Gasteiger partial charge in [-0.2, -0.15) is 9.40 Å². The van der Waals surface area contributed by atoms with E-state index in [0.29, 0.717) is 44.7 Å². The molecule has 2 aromatic rings. The number of pyridine rings is 1. The van der Waals surface area contributed by atoms with Crippen LogP contribution in [0.5, 0.6) is 0 Å². The molecule has 1 aliphatic heterocycles. The van der Waals surface area contributed by atoms with Crippen LogP contribution in [0.1, 0.15) is 25.0 Å². The van der Waals surface area contributed by atoms with Crippen LogP contribution in [0.15, 0.2) is 17.2 Å². The number of hydrogen-bond donors (Lipinski definition) is 1. The number of nitrogens with zero attached hydrogens (tertiary/aromatic N) is 4. The third-order valence-corrected chi connectivity index (χ3v) is 6.44. The van der Waals surface area contributed by atoms with Crippen LogP contribution in [-0.4, -0.2) is 59.8 Å². The van der Waals surface area contributed by atoms with Crippen LogP contribution in [0, 0.1) is 6.92 Å². The van der Waals surface area contributed by atoms with Crippen molar-refractivity contribution < 1.29 is 13.2 Å². The fourth-order valence-corrected chi connectivity index (χ4v) is 4.59. The quantitative estimate of drug-likeness (QED) is 0.727. The van der Waals surface area contributed by atoms with Crippen molar-refractivity contribution in [3.8, 4) is 0 Å². The Morgan fingerprint density at radius 3 is 2.69 bits per heavy atom. The van der Waals surface area contributed by atoms with Crippen molar-refractivity contribution in [3.05, 3.63) is 18.0 Å². The normalized spacial score (nSPS) is 16.7. The summed E-state index contributed by atoms with van der Waals surface area (Å²) in [5.74, 6) is 0. The molecule has 0 unspecified atom stereocenters. The van der Waals surface area contributed by atoms with E-state index in [2.05, 4.69) is 10.1 Å². The molecule has 0 bridgehead atoms. The molecule has 0 aromatic carbocycles. The van der Waals surface area contributed by atoms with Gasteiger partial charge in [-0.3, -0.25) is 4.68 Å². The molecule has 1 saturated heterocycles. The van der Waals surface area contributed by atoms with Gasteiger partial charge in [0.25, 0.3) is 0 Å². The van der Waals surface area contributed by atoms with Gasteiger partial charge in [0.15, 0.2) is 5.65 Å². The van der Waals surface area contributed by atoms with E-state index in [1.54, 1.807) is 17.8 Å². The first-order chi connectivity index (χ1) is 11.9. The van der Waals surface area contributed by atoms with Crippen LogP contribution in [0.3, 0.4) is 0 Å². The molecule has 8 nitrogen and oxygen atoms in total. The van der Waals surface area contributed by atoms with Crippen LogP contribution in [-0.2, 0) is 21.8 Å². The molecule has 2 N–H and O–H groups in total. The Labute approximate surface area is 160 Å². The molecular formula is C16H26ClN5O3S. The summed E-state index contributed by atoms with van der Waals surface area (Å²) in [6, 6.07) is 1.67. The average Bonchev–Trinajstić information content (AvgIpc) is 2.89. The molecule has 1 aliphatic rings. The first-order valence-corrected chi connectivity index (χ1v) is 9.98. The van der Waals surface area contributed by atoms with Gasteiger partial charge in [0.1, 0.15) is 4.90 Å². The number of halogens is 1. The summed E-state index contributed by atoms with van der Waals surface area (Å²) in [5.41, 5.74) is 6.92. The van der Waals surface area contributed by atoms with Gasteiger partial charge in [-0.05, 0) is 38.8 Å². The molecule has 0 spiro atoms. The summed E-state index contributed by atoms with van der Waals surface area (Å²) in [6.45, 7) is 4.01. The Morgan fingerprint density at radius 2 is 2.04 bits per heavy atom. The highest BCUT2D eigenvalue weighted by Crippen LogP contribution is 2.25. The smallest absolute Gasteiger partial charge is 0.244 e. The van der Waals surface area contributed by atoms with E-state index < -0.39 is 10.0 Å². The summed E-state index contributed by atoms with van der Waals surface area (Å²) in [6.07, 6.45) is 3.76. The number of aromatic nitrogens is 3. The van der Waals surface area contributed by atoms with E-state index in [0.717, 1.165) is 17.5 Å². The Bertz CT molecular complexity index is 847. The highest BCUT2D eigenvalue weighted by molar-refractivity contribution is 7.89. The van der Waals surface area contributed by atoms with E-state index in [9.17, 15) is 8.42 Å². The molecule has 2 aromatic heterocycles. The zero-order valence-electron chi connectivity index (χ0n) is 15.1. The lowest BCUT2D eigenvalue weighted by atomic mass is 10.1. The first kappa shape index (κ1) is 21.0. The number of rotatable bonds is 6. The molecule has 10 heteroatoms. The second kappa shape index (κ2) is 8.62. The topological polar surface area (TPSA) is 103 Å². The lowest BCUT2D eigenvalue weighted by Crippen LogP contribution is -2.41. The zero-order valence-corrected chi connectivity index (χ0v) is 16.7. The number of piperidine rings is 1. The molecule has 0 atom stereocenters. The molecule has 0 radical (unpaired) electrons. The Hall–Kier alpha value is -1.26.